The average Bonchev–Trinajstić information content (AvgIpc) is 2.53. The van der Waals surface area contributed by atoms with Crippen molar-refractivity contribution in [3.63, 3.8) is 0 Å². The molecule has 2 N–H and O–H groups in total. The van der Waals surface area contributed by atoms with Crippen LogP contribution in [0.25, 0.3) is 0 Å². The van der Waals surface area contributed by atoms with E-state index >= 15 is 0 Å². The van der Waals surface area contributed by atoms with Crippen LogP contribution in [0, 0.1) is 0 Å². The van der Waals surface area contributed by atoms with Crippen LogP contribution in [0.4, 0.5) is 5.69 Å². The highest BCUT2D eigenvalue weighted by Crippen LogP contribution is 2.25. The average molecular weight is 255 g/mol. The second-order valence-corrected chi connectivity index (χ2v) is 4.89. The number of benzene rings is 1. The van der Waals surface area contributed by atoms with Gasteiger partial charge in [0, 0.05) is 37.0 Å². The van der Waals surface area contributed by atoms with Gasteiger partial charge in [0.2, 0.25) is 0 Å². The van der Waals surface area contributed by atoms with E-state index in [1.165, 1.54) is 5.69 Å². The molecule has 1 saturated heterocycles. The molecule has 1 aromatic carbocycles. The van der Waals surface area contributed by atoms with Gasteiger partial charge in [-0.1, -0.05) is 11.6 Å². The Hall–Kier alpha value is -0.770. The minimum Gasteiger partial charge on any atom is -0.377 e. The van der Waals surface area contributed by atoms with Crippen molar-refractivity contribution in [2.45, 2.75) is 26.0 Å². The maximum Gasteiger partial charge on any atom is 0.0721 e. The molecule has 1 aliphatic rings. The van der Waals surface area contributed by atoms with Crippen molar-refractivity contribution in [1.29, 1.82) is 0 Å². The monoisotopic (exact) mass is 254 g/mol. The third-order valence-electron chi connectivity index (χ3n) is 3.05. The Morgan fingerprint density at radius 3 is 3.12 bits per heavy atom. The maximum atomic E-state index is 6.00. The quantitative estimate of drug-likeness (QED) is 0.881. The van der Waals surface area contributed by atoms with Crippen LogP contribution in [0.2, 0.25) is 5.02 Å². The maximum absolute atomic E-state index is 6.00. The fourth-order valence-electron chi connectivity index (χ4n) is 2.24. The van der Waals surface area contributed by atoms with Crippen LogP contribution in [0.3, 0.4) is 0 Å². The highest BCUT2D eigenvalue weighted by molar-refractivity contribution is 6.30. The zero-order valence-electron chi connectivity index (χ0n) is 10.2. The van der Waals surface area contributed by atoms with Crippen LogP contribution in [0.15, 0.2) is 18.2 Å². The molecule has 1 unspecified atom stereocenters. The number of hydrogen-bond donors (Lipinski definition) is 1. The predicted octanol–water partition coefficient (Wildman–Crippen LogP) is 2.41. The second-order valence-electron chi connectivity index (χ2n) is 4.46. The molecule has 17 heavy (non-hydrogen) atoms. The normalized spacial score (nSPS) is 21.4. The Morgan fingerprint density at radius 2 is 2.35 bits per heavy atom. The molecule has 1 aromatic rings. The highest BCUT2D eigenvalue weighted by atomic mass is 35.5. The Morgan fingerprint density at radius 1 is 1.53 bits per heavy atom. The van der Waals surface area contributed by atoms with E-state index in [1.807, 2.05) is 12.1 Å². The number of halogens is 1. The summed E-state index contributed by atoms with van der Waals surface area (Å²) in [6.07, 6.45) is 1.32. The van der Waals surface area contributed by atoms with Gasteiger partial charge >= 0.3 is 0 Å². The minimum atomic E-state index is 0.263. The van der Waals surface area contributed by atoms with Crippen LogP contribution in [-0.2, 0) is 11.3 Å². The Bertz CT molecular complexity index is 384. The first-order chi connectivity index (χ1) is 8.20. The van der Waals surface area contributed by atoms with Crippen LogP contribution in [-0.4, -0.2) is 25.8 Å². The van der Waals surface area contributed by atoms with Crippen molar-refractivity contribution >= 4 is 17.3 Å². The van der Waals surface area contributed by atoms with Gasteiger partial charge in [-0.25, -0.2) is 0 Å². The summed E-state index contributed by atoms with van der Waals surface area (Å²) < 4.78 is 5.65. The summed E-state index contributed by atoms with van der Waals surface area (Å²) in [6.45, 7) is 5.38. The number of nitrogens with zero attached hydrogens (tertiary/aromatic N) is 1. The standard InChI is InChI=1S/C13H19ClN2O/c1-10-9-16(5-2-6-17-10)13-4-3-12(14)7-11(13)8-15/h3-4,7,10H,2,5-6,8-9,15H2,1H3. The van der Waals surface area contributed by atoms with Gasteiger partial charge in [-0.2, -0.15) is 0 Å². The van der Waals surface area contributed by atoms with Gasteiger partial charge in [0.1, 0.15) is 0 Å². The van der Waals surface area contributed by atoms with Crippen LogP contribution in [0.5, 0.6) is 0 Å². The molecule has 2 rings (SSSR count). The lowest BCUT2D eigenvalue weighted by atomic mass is 10.1. The predicted molar refractivity (Wildman–Crippen MR) is 71.6 cm³/mol. The van der Waals surface area contributed by atoms with Gasteiger partial charge < -0.3 is 15.4 Å². The number of hydrogen-bond acceptors (Lipinski definition) is 3. The van der Waals surface area contributed by atoms with Gasteiger partial charge in [-0.05, 0) is 37.1 Å². The molecule has 0 aromatic heterocycles. The number of anilines is 1. The topological polar surface area (TPSA) is 38.5 Å². The molecule has 1 heterocycles. The first kappa shape index (κ1) is 12.7. The second kappa shape index (κ2) is 5.71. The molecule has 0 radical (unpaired) electrons. The van der Waals surface area contributed by atoms with Crippen molar-refractivity contribution in [3.05, 3.63) is 28.8 Å². The molecule has 0 amide bonds. The molecule has 1 fully saturated rings. The van der Waals surface area contributed by atoms with Crippen molar-refractivity contribution in [3.8, 4) is 0 Å². The van der Waals surface area contributed by atoms with Crippen molar-refractivity contribution in [2.75, 3.05) is 24.6 Å². The smallest absolute Gasteiger partial charge is 0.0721 e. The Balaban J connectivity index is 2.25. The summed E-state index contributed by atoms with van der Waals surface area (Å²) in [7, 11) is 0. The lowest BCUT2D eigenvalue weighted by Crippen LogP contribution is -2.31. The van der Waals surface area contributed by atoms with Crippen molar-refractivity contribution in [1.82, 2.24) is 0 Å². The fourth-order valence-corrected chi connectivity index (χ4v) is 2.43. The van der Waals surface area contributed by atoms with Gasteiger partial charge in [0.15, 0.2) is 0 Å². The molecule has 4 heteroatoms. The molecule has 0 saturated carbocycles. The van der Waals surface area contributed by atoms with E-state index in [0.717, 1.165) is 36.7 Å². The lowest BCUT2D eigenvalue weighted by molar-refractivity contribution is 0.0821. The van der Waals surface area contributed by atoms with E-state index in [0.29, 0.717) is 6.54 Å². The minimum absolute atomic E-state index is 0.263. The molecule has 94 valence electrons. The molecular weight excluding hydrogens is 236 g/mol. The first-order valence-electron chi connectivity index (χ1n) is 6.05. The van der Waals surface area contributed by atoms with Crippen LogP contribution in [0.1, 0.15) is 18.9 Å². The molecule has 1 aliphatic heterocycles. The summed E-state index contributed by atoms with van der Waals surface area (Å²) in [5.74, 6) is 0. The van der Waals surface area contributed by atoms with Crippen molar-refractivity contribution < 1.29 is 4.74 Å². The van der Waals surface area contributed by atoms with E-state index in [-0.39, 0.29) is 6.10 Å². The summed E-state index contributed by atoms with van der Waals surface area (Å²) >= 11 is 6.00. The lowest BCUT2D eigenvalue weighted by Gasteiger charge is -2.26. The van der Waals surface area contributed by atoms with E-state index in [1.54, 1.807) is 0 Å². The SMILES string of the molecule is CC1CN(c2ccc(Cl)cc2CN)CCCO1. The number of nitrogens with two attached hydrogens (primary N) is 1. The van der Waals surface area contributed by atoms with Crippen molar-refractivity contribution in [2.24, 2.45) is 5.73 Å². The summed E-state index contributed by atoms with van der Waals surface area (Å²) in [5.41, 5.74) is 8.08. The van der Waals surface area contributed by atoms with E-state index < -0.39 is 0 Å². The zero-order chi connectivity index (χ0) is 12.3. The Kier molecular flexibility index (Phi) is 4.26. The van der Waals surface area contributed by atoms with Gasteiger partial charge in [-0.15, -0.1) is 0 Å². The zero-order valence-corrected chi connectivity index (χ0v) is 10.9. The third kappa shape index (κ3) is 3.12. The third-order valence-corrected chi connectivity index (χ3v) is 3.29. The summed E-state index contributed by atoms with van der Waals surface area (Å²) in [6, 6.07) is 5.93. The summed E-state index contributed by atoms with van der Waals surface area (Å²) in [5, 5.41) is 0.744. The van der Waals surface area contributed by atoms with Gasteiger partial charge in [0.05, 0.1) is 6.10 Å². The number of rotatable bonds is 2. The molecule has 3 nitrogen and oxygen atoms in total. The van der Waals surface area contributed by atoms with Crippen LogP contribution >= 0.6 is 11.6 Å². The van der Waals surface area contributed by atoms with E-state index in [2.05, 4.69) is 17.9 Å². The van der Waals surface area contributed by atoms with Gasteiger partial charge in [0.25, 0.3) is 0 Å². The first-order valence-corrected chi connectivity index (χ1v) is 6.43. The number of ether oxygens (including phenoxy) is 1. The largest absolute Gasteiger partial charge is 0.377 e. The molecule has 0 aliphatic carbocycles. The molecule has 0 spiro atoms. The highest BCUT2D eigenvalue weighted by Gasteiger charge is 2.17. The summed E-state index contributed by atoms with van der Waals surface area (Å²) in [4.78, 5) is 2.34. The fraction of sp³-hybridized carbons (Fsp3) is 0.538. The van der Waals surface area contributed by atoms with E-state index in [4.69, 9.17) is 22.1 Å². The molecule has 0 bridgehead atoms. The molecular formula is C13H19ClN2O. The van der Waals surface area contributed by atoms with Crippen LogP contribution < -0.4 is 10.6 Å². The Labute approximate surface area is 107 Å². The van der Waals surface area contributed by atoms with Gasteiger partial charge in [-0.3, -0.25) is 0 Å². The molecule has 1 atom stereocenters. The van der Waals surface area contributed by atoms with E-state index in [9.17, 15) is 0 Å².